The number of amides is 1. The number of aromatic amines is 1. The Balaban J connectivity index is 0.000000517. The number of carboxylic acid groups (broad SMARTS) is 1. The van der Waals surface area contributed by atoms with E-state index in [0.717, 1.165) is 62.3 Å². The number of allylic oxidation sites excluding steroid dienone is 2. The van der Waals surface area contributed by atoms with Crippen molar-refractivity contribution in [3.8, 4) is 0 Å². The molecule has 0 radical (unpaired) electrons. The van der Waals surface area contributed by atoms with Crippen LogP contribution < -0.4 is 5.32 Å². The van der Waals surface area contributed by atoms with Gasteiger partial charge in [-0.1, -0.05) is 24.8 Å². The molecule has 2 aromatic heterocycles. The van der Waals surface area contributed by atoms with Crippen molar-refractivity contribution in [1.29, 1.82) is 0 Å². The zero-order valence-electron chi connectivity index (χ0n) is 22.8. The Morgan fingerprint density at radius 3 is 2.50 bits per heavy atom. The average molecular weight is 581 g/mol. The summed E-state index contributed by atoms with van der Waals surface area (Å²) in [7, 11) is 0. The number of carbonyl (C=O) groups is 2. The number of halogens is 3. The highest BCUT2D eigenvalue weighted by molar-refractivity contribution is 6.03. The van der Waals surface area contributed by atoms with Gasteiger partial charge in [-0.05, 0) is 92.9 Å². The summed E-state index contributed by atoms with van der Waals surface area (Å²) < 4.78 is 31.7. The first-order valence-electron chi connectivity index (χ1n) is 13.6. The molecule has 3 N–H and O–H groups in total. The quantitative estimate of drug-likeness (QED) is 0.284. The topological polar surface area (TPSA) is 116 Å². The Kier molecular flexibility index (Phi) is 10.1. The third kappa shape index (κ3) is 8.27. The third-order valence-corrected chi connectivity index (χ3v) is 7.24. The molecular formula is C30H31F3N6O3. The lowest BCUT2D eigenvalue weighted by atomic mass is 9.85. The predicted molar refractivity (Wildman–Crippen MR) is 151 cm³/mol. The Morgan fingerprint density at radius 2 is 1.90 bits per heavy atom. The van der Waals surface area contributed by atoms with Crippen molar-refractivity contribution < 1.29 is 27.9 Å². The molecule has 12 heteroatoms. The number of imidazole rings is 1. The second-order valence-corrected chi connectivity index (χ2v) is 10.1. The Bertz CT molecular complexity index is 1450. The highest BCUT2D eigenvalue weighted by atomic mass is 19.4. The van der Waals surface area contributed by atoms with Gasteiger partial charge in [0.05, 0.1) is 11.9 Å². The summed E-state index contributed by atoms with van der Waals surface area (Å²) in [6.07, 6.45) is 7.19. The molecule has 220 valence electrons. The van der Waals surface area contributed by atoms with Crippen LogP contribution in [0, 0.1) is 6.57 Å². The van der Waals surface area contributed by atoms with Crippen LogP contribution in [0.5, 0.6) is 0 Å². The van der Waals surface area contributed by atoms with Crippen molar-refractivity contribution in [1.82, 2.24) is 19.9 Å². The van der Waals surface area contributed by atoms with Crippen molar-refractivity contribution in [3.63, 3.8) is 0 Å². The van der Waals surface area contributed by atoms with E-state index >= 15 is 0 Å². The summed E-state index contributed by atoms with van der Waals surface area (Å²) in [4.78, 5) is 38.8. The van der Waals surface area contributed by atoms with E-state index in [9.17, 15) is 18.0 Å². The zero-order chi connectivity index (χ0) is 30.1. The van der Waals surface area contributed by atoms with Crippen LogP contribution in [-0.2, 0) is 11.3 Å². The van der Waals surface area contributed by atoms with Crippen LogP contribution in [0.3, 0.4) is 0 Å². The fourth-order valence-corrected chi connectivity index (χ4v) is 5.08. The average Bonchev–Trinajstić information content (AvgIpc) is 3.49. The molecule has 2 aliphatic rings. The molecule has 5 rings (SSSR count). The fraction of sp³-hybridized carbons (Fsp3) is 0.367. The van der Waals surface area contributed by atoms with Crippen LogP contribution >= 0.6 is 0 Å². The van der Waals surface area contributed by atoms with E-state index in [-0.39, 0.29) is 17.5 Å². The SMILES string of the molecule is O=C(O)C(F)(F)F.[C-]#[N+]c1cnc(C(=O)Nc2ccc(C3CCN(Cc4ccccn4)CC3)cc2C2=CCCCC2)[nH]1. The second kappa shape index (κ2) is 13.9. The molecule has 1 saturated heterocycles. The number of nitrogens with one attached hydrogen (secondary N) is 2. The number of piperidine rings is 1. The number of aliphatic carboxylic acids is 1. The van der Waals surface area contributed by atoms with Gasteiger partial charge in [-0.25, -0.2) is 9.78 Å². The minimum Gasteiger partial charge on any atom is -0.475 e. The minimum absolute atomic E-state index is 0.156. The van der Waals surface area contributed by atoms with Crippen molar-refractivity contribution in [2.75, 3.05) is 18.4 Å². The van der Waals surface area contributed by atoms with Gasteiger partial charge in [-0.2, -0.15) is 13.2 Å². The van der Waals surface area contributed by atoms with E-state index in [2.05, 4.69) is 54.3 Å². The smallest absolute Gasteiger partial charge is 0.475 e. The lowest BCUT2D eigenvalue weighted by molar-refractivity contribution is -0.192. The molecule has 1 amide bonds. The van der Waals surface area contributed by atoms with Gasteiger partial charge in [0.25, 0.3) is 5.82 Å². The van der Waals surface area contributed by atoms with E-state index in [1.165, 1.54) is 30.2 Å². The number of anilines is 1. The number of benzene rings is 1. The fourth-order valence-electron chi connectivity index (χ4n) is 5.08. The van der Waals surface area contributed by atoms with Crippen LogP contribution in [0.25, 0.3) is 10.4 Å². The number of nitrogens with zero attached hydrogens (tertiary/aromatic N) is 4. The van der Waals surface area contributed by atoms with E-state index in [1.807, 2.05) is 24.4 Å². The number of H-pyrrole nitrogens is 1. The van der Waals surface area contributed by atoms with Crippen LogP contribution in [0.15, 0.2) is 54.9 Å². The molecule has 0 spiro atoms. The molecule has 9 nitrogen and oxygen atoms in total. The van der Waals surface area contributed by atoms with Crippen LogP contribution in [0.4, 0.5) is 24.7 Å². The molecule has 0 atom stereocenters. The number of carboxylic acids is 1. The van der Waals surface area contributed by atoms with Gasteiger partial charge in [-0.15, -0.1) is 0 Å². The van der Waals surface area contributed by atoms with Gasteiger partial charge in [0, 0.05) is 24.0 Å². The number of hydrogen-bond donors (Lipinski definition) is 3. The van der Waals surface area contributed by atoms with Crippen LogP contribution in [-0.4, -0.2) is 56.1 Å². The van der Waals surface area contributed by atoms with E-state index in [1.54, 1.807) is 0 Å². The number of carbonyl (C=O) groups excluding carboxylic acids is 1. The number of rotatable bonds is 6. The molecular weight excluding hydrogens is 549 g/mol. The molecule has 3 aromatic rings. The van der Waals surface area contributed by atoms with Gasteiger partial charge in [-0.3, -0.25) is 19.7 Å². The van der Waals surface area contributed by atoms with E-state index < -0.39 is 12.1 Å². The molecule has 0 unspecified atom stereocenters. The number of aromatic nitrogens is 3. The number of hydrogen-bond acceptors (Lipinski definition) is 5. The van der Waals surface area contributed by atoms with Gasteiger partial charge >= 0.3 is 18.1 Å². The Labute approximate surface area is 241 Å². The van der Waals surface area contributed by atoms with Crippen molar-refractivity contribution in [2.24, 2.45) is 0 Å². The zero-order valence-corrected chi connectivity index (χ0v) is 22.8. The molecule has 3 heterocycles. The summed E-state index contributed by atoms with van der Waals surface area (Å²) >= 11 is 0. The molecule has 42 heavy (non-hydrogen) atoms. The summed E-state index contributed by atoms with van der Waals surface area (Å²) in [6, 6.07) is 12.6. The number of alkyl halides is 3. The summed E-state index contributed by atoms with van der Waals surface area (Å²) in [6.45, 7) is 10.1. The Morgan fingerprint density at radius 1 is 1.14 bits per heavy atom. The third-order valence-electron chi connectivity index (χ3n) is 7.24. The first kappa shape index (κ1) is 30.5. The summed E-state index contributed by atoms with van der Waals surface area (Å²) in [5.41, 5.74) is 5.69. The normalized spacial score (nSPS) is 16.0. The van der Waals surface area contributed by atoms with E-state index in [0.29, 0.717) is 5.92 Å². The van der Waals surface area contributed by atoms with E-state index in [4.69, 9.17) is 16.5 Å². The van der Waals surface area contributed by atoms with Gasteiger partial charge in [0.2, 0.25) is 5.82 Å². The summed E-state index contributed by atoms with van der Waals surface area (Å²) in [5.74, 6) is -2.16. The van der Waals surface area contributed by atoms with Crippen LogP contribution in [0.1, 0.15) is 71.9 Å². The highest BCUT2D eigenvalue weighted by Crippen LogP contribution is 2.36. The van der Waals surface area contributed by atoms with Gasteiger partial charge in [0.15, 0.2) is 0 Å². The van der Waals surface area contributed by atoms with Gasteiger partial charge in [0.1, 0.15) is 0 Å². The van der Waals surface area contributed by atoms with Crippen molar-refractivity contribution >= 4 is 29.0 Å². The number of pyridine rings is 1. The van der Waals surface area contributed by atoms with Crippen molar-refractivity contribution in [3.05, 3.63) is 88.9 Å². The van der Waals surface area contributed by atoms with Crippen LogP contribution in [0.2, 0.25) is 0 Å². The summed E-state index contributed by atoms with van der Waals surface area (Å²) in [5, 5.41) is 10.2. The first-order chi connectivity index (χ1) is 20.1. The molecule has 0 saturated carbocycles. The monoisotopic (exact) mass is 580 g/mol. The van der Waals surface area contributed by atoms with Gasteiger partial charge < -0.3 is 15.3 Å². The maximum atomic E-state index is 12.8. The highest BCUT2D eigenvalue weighted by Gasteiger charge is 2.38. The largest absolute Gasteiger partial charge is 0.490 e. The lowest BCUT2D eigenvalue weighted by Crippen LogP contribution is -2.32. The number of likely N-dealkylation sites (tertiary alicyclic amines) is 1. The maximum Gasteiger partial charge on any atom is 0.490 e. The predicted octanol–water partition coefficient (Wildman–Crippen LogP) is 6.58. The molecule has 1 fully saturated rings. The standard InChI is InChI=1S/C28H30N6O.C2HF3O2/c1-29-26-18-31-27(33-26)28(35)32-25-11-10-22(17-24(25)21-7-3-2-4-8-21)20-12-15-34(16-13-20)19-23-9-5-6-14-30-23;3-2(4,5)1(6)7/h5-7,9-11,14,17-18,20H,2-4,8,12-13,15-16,19H2,(H,31,33)(H,32,35);(H,6,7). The molecule has 1 aliphatic heterocycles. The minimum atomic E-state index is -5.08. The maximum absolute atomic E-state index is 12.8. The molecule has 0 bridgehead atoms. The second-order valence-electron chi connectivity index (χ2n) is 10.1. The van der Waals surface area contributed by atoms with Crippen molar-refractivity contribution in [2.45, 2.75) is 57.2 Å². The molecule has 1 aliphatic carbocycles. The first-order valence-corrected chi connectivity index (χ1v) is 13.6. The molecule has 1 aromatic carbocycles. The Hall–Kier alpha value is -4.50. The lowest BCUT2D eigenvalue weighted by Gasteiger charge is -2.32.